The maximum absolute atomic E-state index is 13.7. The number of rotatable bonds is 1. The van der Waals surface area contributed by atoms with Crippen LogP contribution in [0.1, 0.15) is 24.4 Å². The molecule has 1 fully saturated rings. The fourth-order valence-corrected chi connectivity index (χ4v) is 2.24. The van der Waals surface area contributed by atoms with Crippen LogP contribution in [0.25, 0.3) is 0 Å². The van der Waals surface area contributed by atoms with E-state index in [1.165, 1.54) is 6.07 Å². The van der Waals surface area contributed by atoms with Gasteiger partial charge >= 0.3 is 0 Å². The Labute approximate surface area is 92.2 Å². The average molecular weight is 234 g/mol. The second kappa shape index (κ2) is 4.05. The van der Waals surface area contributed by atoms with Crippen molar-refractivity contribution in [3.05, 3.63) is 33.6 Å². The highest BCUT2D eigenvalue weighted by molar-refractivity contribution is 6.33. The van der Waals surface area contributed by atoms with Gasteiger partial charge in [-0.1, -0.05) is 23.2 Å². The van der Waals surface area contributed by atoms with Gasteiger partial charge in [-0.2, -0.15) is 0 Å². The molecule has 0 aromatic heterocycles. The maximum atomic E-state index is 13.7. The Hall–Kier alpha value is -0.310. The lowest BCUT2D eigenvalue weighted by Crippen LogP contribution is -2.15. The lowest BCUT2D eigenvalue weighted by molar-refractivity contribution is 0.559. The molecule has 1 aliphatic rings. The molecule has 2 rings (SSSR count). The zero-order valence-corrected chi connectivity index (χ0v) is 9.00. The van der Waals surface area contributed by atoms with Crippen LogP contribution in [0.4, 0.5) is 4.39 Å². The number of hydrogen-bond acceptors (Lipinski definition) is 1. The molecule has 1 heterocycles. The van der Waals surface area contributed by atoms with Crippen molar-refractivity contribution in [1.29, 1.82) is 0 Å². The van der Waals surface area contributed by atoms with Crippen LogP contribution >= 0.6 is 23.2 Å². The highest BCUT2D eigenvalue weighted by atomic mass is 35.5. The van der Waals surface area contributed by atoms with E-state index >= 15 is 0 Å². The molecule has 1 nitrogen and oxygen atoms in total. The van der Waals surface area contributed by atoms with E-state index < -0.39 is 5.82 Å². The standard InChI is InChI=1S/C10H10Cl2FN/c11-6-3-4-7(12)10(13)9(6)8-2-1-5-14-8/h3-4,8,14H,1-2,5H2. The van der Waals surface area contributed by atoms with Gasteiger partial charge in [0.1, 0.15) is 5.82 Å². The summed E-state index contributed by atoms with van der Waals surface area (Å²) in [4.78, 5) is 0. The summed E-state index contributed by atoms with van der Waals surface area (Å²) < 4.78 is 13.7. The fraction of sp³-hybridized carbons (Fsp3) is 0.400. The van der Waals surface area contributed by atoms with Crippen molar-refractivity contribution < 1.29 is 4.39 Å². The first-order valence-corrected chi connectivity index (χ1v) is 5.32. The van der Waals surface area contributed by atoms with Crippen LogP contribution in [0.5, 0.6) is 0 Å². The minimum absolute atomic E-state index is 0.0150. The third-order valence-electron chi connectivity index (χ3n) is 2.49. The molecule has 14 heavy (non-hydrogen) atoms. The van der Waals surface area contributed by atoms with E-state index in [1.54, 1.807) is 6.07 Å². The Bertz CT molecular complexity index is 348. The SMILES string of the molecule is Fc1c(Cl)ccc(Cl)c1C1CCCN1. The first-order valence-electron chi connectivity index (χ1n) is 4.57. The van der Waals surface area contributed by atoms with Crippen molar-refractivity contribution in [2.24, 2.45) is 0 Å². The van der Waals surface area contributed by atoms with Gasteiger partial charge in [0.2, 0.25) is 0 Å². The summed E-state index contributed by atoms with van der Waals surface area (Å²) in [5, 5.41) is 3.79. The highest BCUT2D eigenvalue weighted by Crippen LogP contribution is 2.34. The molecule has 76 valence electrons. The van der Waals surface area contributed by atoms with Crippen LogP contribution in [-0.2, 0) is 0 Å². The molecule has 4 heteroatoms. The molecule has 1 N–H and O–H groups in total. The first-order chi connectivity index (χ1) is 6.70. The molecule has 0 spiro atoms. The summed E-state index contributed by atoms with van der Waals surface area (Å²) >= 11 is 11.6. The van der Waals surface area contributed by atoms with Crippen molar-refractivity contribution in [1.82, 2.24) is 5.32 Å². The highest BCUT2D eigenvalue weighted by Gasteiger charge is 2.23. The van der Waals surface area contributed by atoms with E-state index in [-0.39, 0.29) is 11.1 Å². The van der Waals surface area contributed by atoms with Gasteiger partial charge in [-0.3, -0.25) is 0 Å². The van der Waals surface area contributed by atoms with Gasteiger partial charge in [-0.15, -0.1) is 0 Å². The summed E-state index contributed by atoms with van der Waals surface area (Å²) in [6.07, 6.45) is 1.96. The molecule has 0 saturated carbocycles. The largest absolute Gasteiger partial charge is 0.310 e. The van der Waals surface area contributed by atoms with E-state index in [4.69, 9.17) is 23.2 Å². The lowest BCUT2D eigenvalue weighted by Gasteiger charge is -2.14. The Kier molecular flexibility index (Phi) is 2.96. The quantitative estimate of drug-likeness (QED) is 0.732. The van der Waals surface area contributed by atoms with Crippen LogP contribution in [-0.4, -0.2) is 6.54 Å². The average Bonchev–Trinajstić information content (AvgIpc) is 2.65. The van der Waals surface area contributed by atoms with E-state index in [2.05, 4.69) is 5.32 Å². The minimum atomic E-state index is -0.390. The van der Waals surface area contributed by atoms with E-state index in [0.717, 1.165) is 19.4 Å². The monoisotopic (exact) mass is 233 g/mol. The normalized spacial score (nSPS) is 21.5. The minimum Gasteiger partial charge on any atom is -0.310 e. The smallest absolute Gasteiger partial charge is 0.148 e. The van der Waals surface area contributed by atoms with Gasteiger partial charge in [0, 0.05) is 16.6 Å². The fourth-order valence-electron chi connectivity index (χ4n) is 1.79. The second-order valence-electron chi connectivity index (χ2n) is 3.41. The zero-order chi connectivity index (χ0) is 10.1. The van der Waals surface area contributed by atoms with Crippen LogP contribution in [0, 0.1) is 5.82 Å². The third-order valence-corrected chi connectivity index (χ3v) is 3.11. The number of benzene rings is 1. The predicted molar refractivity (Wildman–Crippen MR) is 56.4 cm³/mol. The Morgan fingerprint density at radius 1 is 1.29 bits per heavy atom. The van der Waals surface area contributed by atoms with Crippen molar-refractivity contribution in [2.75, 3.05) is 6.54 Å². The third kappa shape index (κ3) is 1.74. The summed E-state index contributed by atoms with van der Waals surface area (Å²) in [6.45, 7) is 0.910. The second-order valence-corrected chi connectivity index (χ2v) is 4.22. The summed E-state index contributed by atoms with van der Waals surface area (Å²) in [6, 6.07) is 3.14. The van der Waals surface area contributed by atoms with Gasteiger partial charge in [0.15, 0.2) is 0 Å². The van der Waals surface area contributed by atoms with E-state index in [0.29, 0.717) is 10.6 Å². The van der Waals surface area contributed by atoms with E-state index in [1.807, 2.05) is 0 Å². The van der Waals surface area contributed by atoms with Gasteiger partial charge in [0.25, 0.3) is 0 Å². The topological polar surface area (TPSA) is 12.0 Å². The Morgan fingerprint density at radius 3 is 2.64 bits per heavy atom. The Morgan fingerprint density at radius 2 is 2.00 bits per heavy atom. The molecule has 0 amide bonds. The summed E-state index contributed by atoms with van der Waals surface area (Å²) in [5.74, 6) is -0.390. The summed E-state index contributed by atoms with van der Waals surface area (Å²) in [7, 11) is 0. The molecule has 0 radical (unpaired) electrons. The molecule has 1 aliphatic heterocycles. The molecule has 1 atom stereocenters. The molecular formula is C10H10Cl2FN. The molecular weight excluding hydrogens is 224 g/mol. The van der Waals surface area contributed by atoms with Crippen LogP contribution in [0.3, 0.4) is 0 Å². The van der Waals surface area contributed by atoms with Crippen LogP contribution in [0.2, 0.25) is 10.0 Å². The van der Waals surface area contributed by atoms with Crippen LogP contribution in [0.15, 0.2) is 12.1 Å². The summed E-state index contributed by atoms with van der Waals surface area (Å²) in [5.41, 5.74) is 0.511. The Balaban J connectivity index is 2.44. The molecule has 1 aromatic carbocycles. The molecule has 0 aliphatic carbocycles. The van der Waals surface area contributed by atoms with Gasteiger partial charge in [-0.05, 0) is 31.5 Å². The van der Waals surface area contributed by atoms with Crippen molar-refractivity contribution in [3.63, 3.8) is 0 Å². The molecule has 1 saturated heterocycles. The van der Waals surface area contributed by atoms with Gasteiger partial charge in [0.05, 0.1) is 5.02 Å². The number of halogens is 3. The maximum Gasteiger partial charge on any atom is 0.148 e. The molecule has 1 aromatic rings. The lowest BCUT2D eigenvalue weighted by atomic mass is 10.0. The first kappa shape index (κ1) is 10.2. The van der Waals surface area contributed by atoms with E-state index in [9.17, 15) is 4.39 Å². The zero-order valence-electron chi connectivity index (χ0n) is 7.49. The van der Waals surface area contributed by atoms with Crippen molar-refractivity contribution in [3.8, 4) is 0 Å². The molecule has 0 bridgehead atoms. The number of nitrogens with one attached hydrogen (secondary N) is 1. The number of hydrogen-bond donors (Lipinski definition) is 1. The molecule has 1 unspecified atom stereocenters. The van der Waals surface area contributed by atoms with Gasteiger partial charge < -0.3 is 5.32 Å². The van der Waals surface area contributed by atoms with Gasteiger partial charge in [-0.25, -0.2) is 4.39 Å². The van der Waals surface area contributed by atoms with Crippen molar-refractivity contribution in [2.45, 2.75) is 18.9 Å². The predicted octanol–water partition coefficient (Wildman–Crippen LogP) is 3.56. The van der Waals surface area contributed by atoms with Crippen LogP contribution < -0.4 is 5.32 Å². The van der Waals surface area contributed by atoms with Crippen molar-refractivity contribution >= 4 is 23.2 Å².